The highest BCUT2D eigenvalue weighted by molar-refractivity contribution is 5.96. The summed E-state index contributed by atoms with van der Waals surface area (Å²) in [6.07, 6.45) is 0.964. The van der Waals surface area contributed by atoms with Gasteiger partial charge in [-0.05, 0) is 67.9 Å². The van der Waals surface area contributed by atoms with Gasteiger partial charge in [-0.25, -0.2) is 0 Å². The van der Waals surface area contributed by atoms with Crippen LogP contribution in [0.2, 0.25) is 0 Å². The number of carbonyl (C=O) groups is 1. The Kier molecular flexibility index (Phi) is 11.5. The van der Waals surface area contributed by atoms with Crippen molar-refractivity contribution in [3.05, 3.63) is 71.8 Å². The number of nitrogens with two attached hydrogens (primary N) is 1. The quantitative estimate of drug-likeness (QED) is 0.181. The normalized spacial score (nSPS) is 13.4. The zero-order chi connectivity index (χ0) is 28.2. The van der Waals surface area contributed by atoms with E-state index in [0.717, 1.165) is 43.7 Å². The number of nitrogens with zero attached hydrogens (tertiary/aromatic N) is 2. The highest BCUT2D eigenvalue weighted by atomic mass is 16.5. The third kappa shape index (κ3) is 8.63. The van der Waals surface area contributed by atoms with Crippen LogP contribution in [0.4, 0.5) is 17.1 Å². The van der Waals surface area contributed by atoms with Gasteiger partial charge < -0.3 is 36.0 Å². The first-order chi connectivity index (χ1) is 18.8. The summed E-state index contributed by atoms with van der Waals surface area (Å²) >= 11 is 0. The second-order valence-corrected chi connectivity index (χ2v) is 9.73. The first kappa shape index (κ1) is 29.8. The van der Waals surface area contributed by atoms with Gasteiger partial charge in [-0.15, -0.1) is 0 Å². The Morgan fingerprint density at radius 3 is 2.38 bits per heavy atom. The molecule has 3 aromatic carbocycles. The van der Waals surface area contributed by atoms with Gasteiger partial charge in [0.05, 0.1) is 12.3 Å². The van der Waals surface area contributed by atoms with Gasteiger partial charge in [0.25, 0.3) is 5.91 Å². The van der Waals surface area contributed by atoms with Crippen molar-refractivity contribution in [1.29, 1.82) is 0 Å². The number of likely N-dealkylation sites (N-methyl/N-ethyl adjacent to an activating group) is 1. The summed E-state index contributed by atoms with van der Waals surface area (Å²) in [5.41, 5.74) is 11.5. The molecular weight excluding hydrogens is 490 g/mol. The molecule has 0 radical (unpaired) electrons. The smallest absolute Gasteiger partial charge is 0.251 e. The lowest BCUT2D eigenvalue weighted by Gasteiger charge is -2.34. The van der Waals surface area contributed by atoms with Crippen LogP contribution in [0, 0.1) is 6.92 Å². The molecule has 0 aliphatic carbocycles. The van der Waals surface area contributed by atoms with Crippen LogP contribution in [0.3, 0.4) is 0 Å². The Labute approximate surface area is 232 Å². The molecule has 0 aromatic heterocycles. The van der Waals surface area contributed by atoms with Crippen LogP contribution >= 0.6 is 0 Å². The van der Waals surface area contributed by atoms with E-state index in [1.54, 1.807) is 24.3 Å². The van der Waals surface area contributed by atoms with Crippen LogP contribution in [0.25, 0.3) is 11.1 Å². The highest BCUT2D eigenvalue weighted by Gasteiger charge is 2.14. The molecule has 3 aromatic rings. The molecule has 39 heavy (non-hydrogen) atoms. The summed E-state index contributed by atoms with van der Waals surface area (Å²) in [6.45, 7) is 10.2. The minimum Gasteiger partial charge on any atom is -0.505 e. The fourth-order valence-corrected chi connectivity index (χ4v) is 4.36. The number of hydrogen-bond acceptors (Lipinski definition) is 7. The maximum absolute atomic E-state index is 12.2. The van der Waals surface area contributed by atoms with Crippen LogP contribution in [-0.4, -0.2) is 75.9 Å². The average molecular weight is 534 g/mol. The number of phenolic OH excluding ortho intramolecular Hbond substituents is 1. The van der Waals surface area contributed by atoms with Gasteiger partial charge in [0.1, 0.15) is 5.75 Å². The molecule has 1 aliphatic heterocycles. The number of hydrogen-bond donors (Lipinski definition) is 4. The van der Waals surface area contributed by atoms with E-state index >= 15 is 0 Å². The standard InChI is InChI=1S/C19H24N2O3.C12H19N3/c1-3-10-24-11-9-21-19(23)15-8-7-14(12-13(15)2)16-5-4-6-17(20)18(16)22;1-13-11-3-5-12(6-4-11)15-9-7-14(2)8-10-15/h4-8,12,22H,3,9-11,20H2,1-2H3,(H,21,23);3-6,13H,7-10H2,1-2H3. The Balaban J connectivity index is 0.000000239. The average Bonchev–Trinajstić information content (AvgIpc) is 2.95. The van der Waals surface area contributed by atoms with E-state index < -0.39 is 0 Å². The molecule has 8 heteroatoms. The molecular formula is C31H43N5O3. The van der Waals surface area contributed by atoms with Gasteiger partial charge in [-0.2, -0.15) is 0 Å². The van der Waals surface area contributed by atoms with Gasteiger partial charge in [0, 0.05) is 68.9 Å². The number of rotatable bonds is 9. The summed E-state index contributed by atoms with van der Waals surface area (Å²) in [4.78, 5) is 17.0. The summed E-state index contributed by atoms with van der Waals surface area (Å²) in [6, 6.07) is 19.3. The van der Waals surface area contributed by atoms with E-state index in [-0.39, 0.29) is 11.7 Å². The van der Waals surface area contributed by atoms with E-state index in [2.05, 4.69) is 51.7 Å². The Morgan fingerprint density at radius 1 is 1.03 bits per heavy atom. The Hall–Kier alpha value is -3.75. The predicted octanol–water partition coefficient (Wildman–Crippen LogP) is 4.59. The summed E-state index contributed by atoms with van der Waals surface area (Å²) in [7, 11) is 4.13. The second-order valence-electron chi connectivity index (χ2n) is 9.73. The van der Waals surface area contributed by atoms with Crippen molar-refractivity contribution in [2.75, 3.05) is 76.0 Å². The van der Waals surface area contributed by atoms with Gasteiger partial charge in [-0.1, -0.05) is 31.2 Å². The SMILES string of the molecule is CCCOCCNC(=O)c1ccc(-c2cccc(N)c2O)cc1C.CNc1ccc(N2CCN(C)CC2)cc1. The third-order valence-electron chi connectivity index (χ3n) is 6.75. The maximum atomic E-state index is 12.2. The number of nitrogen functional groups attached to an aromatic ring is 1. The van der Waals surface area contributed by atoms with Crippen molar-refractivity contribution in [1.82, 2.24) is 10.2 Å². The molecule has 1 fully saturated rings. The largest absolute Gasteiger partial charge is 0.505 e. The monoisotopic (exact) mass is 533 g/mol. The van der Waals surface area contributed by atoms with Gasteiger partial charge in [-0.3, -0.25) is 4.79 Å². The Morgan fingerprint density at radius 2 is 1.74 bits per heavy atom. The Bertz CT molecular complexity index is 1190. The maximum Gasteiger partial charge on any atom is 0.251 e. The molecule has 1 amide bonds. The summed E-state index contributed by atoms with van der Waals surface area (Å²) in [5.74, 6) is -0.0712. The molecule has 0 unspecified atom stereocenters. The molecule has 5 N–H and O–H groups in total. The van der Waals surface area contributed by atoms with Crippen molar-refractivity contribution in [2.45, 2.75) is 20.3 Å². The number of ether oxygens (including phenoxy) is 1. The number of amides is 1. The minimum absolute atomic E-state index is 0.0576. The number of aryl methyl sites for hydroxylation is 1. The number of para-hydroxylation sites is 1. The van der Waals surface area contributed by atoms with Crippen molar-refractivity contribution < 1.29 is 14.6 Å². The lowest BCUT2D eigenvalue weighted by molar-refractivity contribution is 0.0915. The third-order valence-corrected chi connectivity index (χ3v) is 6.75. The van der Waals surface area contributed by atoms with Crippen LogP contribution in [0.5, 0.6) is 5.75 Å². The number of piperazine rings is 1. The summed E-state index contributed by atoms with van der Waals surface area (Å²) < 4.78 is 5.35. The molecule has 4 rings (SSSR count). The van der Waals surface area contributed by atoms with Crippen LogP contribution in [0.15, 0.2) is 60.7 Å². The van der Waals surface area contributed by atoms with Gasteiger partial charge >= 0.3 is 0 Å². The van der Waals surface area contributed by atoms with Crippen molar-refractivity contribution in [2.24, 2.45) is 0 Å². The number of nitrogens with one attached hydrogen (secondary N) is 2. The van der Waals surface area contributed by atoms with Crippen molar-refractivity contribution in [3.63, 3.8) is 0 Å². The molecule has 210 valence electrons. The molecule has 8 nitrogen and oxygen atoms in total. The predicted molar refractivity (Wildman–Crippen MR) is 162 cm³/mol. The van der Waals surface area contributed by atoms with Crippen LogP contribution in [-0.2, 0) is 4.74 Å². The first-order valence-corrected chi connectivity index (χ1v) is 13.6. The molecule has 0 saturated carbocycles. The zero-order valence-electron chi connectivity index (χ0n) is 23.7. The lowest BCUT2D eigenvalue weighted by atomic mass is 9.98. The molecule has 1 heterocycles. The van der Waals surface area contributed by atoms with E-state index in [1.165, 1.54) is 11.4 Å². The van der Waals surface area contributed by atoms with Gasteiger partial charge in [0.15, 0.2) is 0 Å². The molecule has 1 saturated heterocycles. The number of carbonyl (C=O) groups excluding carboxylic acids is 1. The highest BCUT2D eigenvalue weighted by Crippen LogP contribution is 2.34. The van der Waals surface area contributed by atoms with E-state index in [4.69, 9.17) is 10.5 Å². The zero-order valence-corrected chi connectivity index (χ0v) is 23.7. The number of anilines is 3. The van der Waals surface area contributed by atoms with Crippen LogP contribution < -0.4 is 21.3 Å². The molecule has 0 bridgehead atoms. The van der Waals surface area contributed by atoms with E-state index in [0.29, 0.717) is 36.6 Å². The summed E-state index contributed by atoms with van der Waals surface area (Å²) in [5, 5.41) is 16.1. The molecule has 1 aliphatic rings. The lowest BCUT2D eigenvalue weighted by Crippen LogP contribution is -2.44. The molecule has 0 atom stereocenters. The van der Waals surface area contributed by atoms with Crippen LogP contribution in [0.1, 0.15) is 29.3 Å². The van der Waals surface area contributed by atoms with E-state index in [1.807, 2.05) is 33.0 Å². The minimum atomic E-state index is -0.129. The molecule has 0 spiro atoms. The fourth-order valence-electron chi connectivity index (χ4n) is 4.36. The topological polar surface area (TPSA) is 103 Å². The number of phenols is 1. The first-order valence-electron chi connectivity index (χ1n) is 13.6. The fraction of sp³-hybridized carbons (Fsp3) is 0.387. The van der Waals surface area contributed by atoms with Crippen molar-refractivity contribution >= 4 is 23.0 Å². The van der Waals surface area contributed by atoms with Gasteiger partial charge in [0.2, 0.25) is 0 Å². The van der Waals surface area contributed by atoms with Crippen molar-refractivity contribution in [3.8, 4) is 16.9 Å². The number of aromatic hydroxyl groups is 1. The second kappa shape index (κ2) is 15.0. The van der Waals surface area contributed by atoms with E-state index in [9.17, 15) is 9.90 Å². The number of benzene rings is 3.